The number of esters is 1. The van der Waals surface area contributed by atoms with E-state index < -0.39 is 16.8 Å². The highest BCUT2D eigenvalue weighted by molar-refractivity contribution is 6.53. The summed E-state index contributed by atoms with van der Waals surface area (Å²) in [6.07, 6.45) is -0.373. The first-order valence-corrected chi connectivity index (χ1v) is 4.54. The van der Waals surface area contributed by atoms with Crippen LogP contribution in [0, 0.1) is 0 Å². The number of hydrogen-bond acceptors (Lipinski definition) is 4. The van der Waals surface area contributed by atoms with Gasteiger partial charge in [0.15, 0.2) is 10.9 Å². The second kappa shape index (κ2) is 4.15. The number of rotatable bonds is 2. The van der Waals surface area contributed by atoms with Crippen LogP contribution in [0.2, 0.25) is 0 Å². The van der Waals surface area contributed by atoms with Crippen molar-refractivity contribution in [2.45, 2.75) is 23.9 Å². The molecule has 1 heterocycles. The average Bonchev–Trinajstić information content (AvgIpc) is 2.46. The summed E-state index contributed by atoms with van der Waals surface area (Å²) >= 11 is 11.0. The molecule has 74 valence electrons. The van der Waals surface area contributed by atoms with Crippen molar-refractivity contribution < 1.29 is 14.3 Å². The van der Waals surface area contributed by atoms with E-state index in [2.05, 4.69) is 9.73 Å². The molecule has 0 N–H and O–H groups in total. The van der Waals surface area contributed by atoms with Gasteiger partial charge in [0.1, 0.15) is 6.10 Å². The Morgan fingerprint density at radius 3 is 2.69 bits per heavy atom. The van der Waals surface area contributed by atoms with E-state index in [1.807, 2.05) is 0 Å². The van der Waals surface area contributed by atoms with Crippen molar-refractivity contribution >= 4 is 35.1 Å². The van der Waals surface area contributed by atoms with E-state index in [0.29, 0.717) is 0 Å². The Balaban J connectivity index is 2.72. The zero-order chi connectivity index (χ0) is 10.0. The number of hydrogen-bond donors (Lipinski definition) is 0. The lowest BCUT2D eigenvalue weighted by atomic mass is 10.2. The van der Waals surface area contributed by atoms with Gasteiger partial charge in [-0.3, -0.25) is 0 Å². The van der Waals surface area contributed by atoms with Crippen molar-refractivity contribution in [2.75, 3.05) is 7.11 Å². The summed E-state index contributed by atoms with van der Waals surface area (Å²) in [7, 11) is 1.29. The molecule has 0 amide bonds. The number of methoxy groups -OCH3 is 1. The van der Waals surface area contributed by atoms with Crippen LogP contribution < -0.4 is 0 Å². The summed E-state index contributed by atoms with van der Waals surface area (Å²) in [6, 6.07) is -0.653. The number of aliphatic imine (C=N–C) groups is 1. The Morgan fingerprint density at radius 2 is 2.31 bits per heavy atom. The van der Waals surface area contributed by atoms with Crippen molar-refractivity contribution in [2.24, 2.45) is 4.99 Å². The van der Waals surface area contributed by atoms with Crippen LogP contribution in [0.1, 0.15) is 6.92 Å². The van der Waals surface area contributed by atoms with Gasteiger partial charge < -0.3 is 9.47 Å². The summed E-state index contributed by atoms with van der Waals surface area (Å²) < 4.78 is 9.66. The molecule has 1 aliphatic rings. The van der Waals surface area contributed by atoms with Crippen LogP contribution in [-0.2, 0) is 14.3 Å². The molecule has 4 nitrogen and oxygen atoms in total. The van der Waals surface area contributed by atoms with Gasteiger partial charge in [0.05, 0.1) is 7.11 Å². The van der Waals surface area contributed by atoms with Gasteiger partial charge in [-0.1, -0.05) is 23.2 Å². The quantitative estimate of drug-likeness (QED) is 0.524. The van der Waals surface area contributed by atoms with E-state index in [1.54, 1.807) is 6.92 Å². The third-order valence-corrected chi connectivity index (χ3v) is 2.02. The Bertz CT molecular complexity index is 242. The highest BCUT2D eigenvalue weighted by atomic mass is 35.5. The average molecular weight is 226 g/mol. The molecular weight excluding hydrogens is 217 g/mol. The van der Waals surface area contributed by atoms with Crippen LogP contribution in [0.15, 0.2) is 4.99 Å². The first-order valence-electron chi connectivity index (χ1n) is 3.66. The van der Waals surface area contributed by atoms with Gasteiger partial charge in [0, 0.05) is 0 Å². The largest absolute Gasteiger partial charge is 0.473 e. The maximum atomic E-state index is 11.1. The summed E-state index contributed by atoms with van der Waals surface area (Å²) in [5.74, 6) is -0.275. The Hall–Kier alpha value is -0.480. The fourth-order valence-corrected chi connectivity index (χ4v) is 1.22. The minimum Gasteiger partial charge on any atom is -0.473 e. The van der Waals surface area contributed by atoms with Gasteiger partial charge in [0.25, 0.3) is 0 Å². The molecule has 0 aromatic heterocycles. The van der Waals surface area contributed by atoms with Crippen LogP contribution in [0.3, 0.4) is 0 Å². The first-order chi connectivity index (χ1) is 6.06. The van der Waals surface area contributed by atoms with Crippen LogP contribution in [0.25, 0.3) is 0 Å². The van der Waals surface area contributed by atoms with Crippen molar-refractivity contribution in [1.29, 1.82) is 0 Å². The molecule has 0 saturated heterocycles. The molecule has 1 aliphatic heterocycles. The fraction of sp³-hybridized carbons (Fsp3) is 0.714. The van der Waals surface area contributed by atoms with E-state index in [1.165, 1.54) is 7.11 Å². The molecule has 0 aromatic rings. The maximum Gasteiger partial charge on any atom is 0.334 e. The van der Waals surface area contributed by atoms with Crippen molar-refractivity contribution in [3.63, 3.8) is 0 Å². The minimum absolute atomic E-state index is 0.172. The third kappa shape index (κ3) is 2.25. The van der Waals surface area contributed by atoms with Gasteiger partial charge in [-0.15, -0.1) is 0 Å². The molecule has 1 rings (SSSR count). The molecule has 6 heteroatoms. The lowest BCUT2D eigenvalue weighted by Crippen LogP contribution is -2.28. The third-order valence-electron chi connectivity index (χ3n) is 1.65. The number of carbonyl (C=O) groups excluding carboxylic acids is 1. The van der Waals surface area contributed by atoms with E-state index >= 15 is 0 Å². The first kappa shape index (κ1) is 10.6. The monoisotopic (exact) mass is 225 g/mol. The molecule has 0 unspecified atom stereocenters. The van der Waals surface area contributed by atoms with E-state index in [0.717, 1.165) is 0 Å². The maximum absolute atomic E-state index is 11.1. The molecule has 0 fully saturated rings. The second-order valence-electron chi connectivity index (χ2n) is 2.56. The van der Waals surface area contributed by atoms with Crippen molar-refractivity contribution in [1.82, 2.24) is 0 Å². The van der Waals surface area contributed by atoms with Crippen LogP contribution in [0.5, 0.6) is 0 Å². The molecule has 0 aliphatic carbocycles. The Kier molecular flexibility index (Phi) is 3.39. The van der Waals surface area contributed by atoms with Gasteiger partial charge in [-0.25, -0.2) is 9.79 Å². The SMILES string of the molecule is COC(=O)[C@@H]1N=C(C(Cl)Cl)O[C@@H]1C. The second-order valence-corrected chi connectivity index (χ2v) is 3.66. The fourth-order valence-electron chi connectivity index (χ4n) is 1.00. The molecular formula is C7H9Cl2NO3. The predicted octanol–water partition coefficient (Wildman–Crippen LogP) is 1.15. The molecule has 0 radical (unpaired) electrons. The molecule has 13 heavy (non-hydrogen) atoms. The predicted molar refractivity (Wildman–Crippen MR) is 49.3 cm³/mol. The summed E-state index contributed by atoms with van der Waals surface area (Å²) in [5, 5.41) is 0. The van der Waals surface area contributed by atoms with Gasteiger partial charge in [-0.05, 0) is 6.92 Å². The molecule has 2 atom stereocenters. The van der Waals surface area contributed by atoms with E-state index in [9.17, 15) is 4.79 Å². The lowest BCUT2D eigenvalue weighted by Gasteiger charge is -2.09. The topological polar surface area (TPSA) is 47.9 Å². The Morgan fingerprint density at radius 1 is 1.69 bits per heavy atom. The summed E-state index contributed by atoms with van der Waals surface area (Å²) in [6.45, 7) is 1.70. The van der Waals surface area contributed by atoms with Gasteiger partial charge in [-0.2, -0.15) is 0 Å². The van der Waals surface area contributed by atoms with Crippen LogP contribution >= 0.6 is 23.2 Å². The van der Waals surface area contributed by atoms with E-state index in [4.69, 9.17) is 27.9 Å². The van der Waals surface area contributed by atoms with Gasteiger partial charge >= 0.3 is 5.97 Å². The highest BCUT2D eigenvalue weighted by Crippen LogP contribution is 2.19. The number of ether oxygens (including phenoxy) is 2. The Labute approximate surface area is 85.8 Å². The highest BCUT2D eigenvalue weighted by Gasteiger charge is 2.35. The van der Waals surface area contributed by atoms with Crippen LogP contribution in [0.4, 0.5) is 0 Å². The standard InChI is InChI=1S/C7H9Cl2NO3/c1-3-4(7(11)12-2)10-6(13-3)5(8)9/h3-5H,1-2H3/t3-,4-/m1/s1. The number of alkyl halides is 2. The molecule has 0 aromatic carbocycles. The molecule has 0 saturated carbocycles. The van der Waals surface area contributed by atoms with Crippen LogP contribution in [-0.4, -0.2) is 36.0 Å². The van der Waals surface area contributed by atoms with E-state index in [-0.39, 0.29) is 12.0 Å². The zero-order valence-corrected chi connectivity index (χ0v) is 8.67. The lowest BCUT2D eigenvalue weighted by molar-refractivity contribution is -0.143. The number of carbonyl (C=O) groups is 1. The van der Waals surface area contributed by atoms with Crippen molar-refractivity contribution in [3.05, 3.63) is 0 Å². The minimum atomic E-state index is -0.836. The molecule has 0 spiro atoms. The normalized spacial score (nSPS) is 27.0. The summed E-state index contributed by atoms with van der Waals surface area (Å²) in [4.78, 5) is 14.2. The molecule has 0 bridgehead atoms. The van der Waals surface area contributed by atoms with Crippen molar-refractivity contribution in [3.8, 4) is 0 Å². The smallest absolute Gasteiger partial charge is 0.334 e. The number of nitrogens with zero attached hydrogens (tertiary/aromatic N) is 1. The van der Waals surface area contributed by atoms with Gasteiger partial charge in [0.2, 0.25) is 5.90 Å². The summed E-state index contributed by atoms with van der Waals surface area (Å²) in [5.41, 5.74) is 0. The number of halogens is 2. The zero-order valence-electron chi connectivity index (χ0n) is 7.16.